The van der Waals surface area contributed by atoms with Gasteiger partial charge in [-0.3, -0.25) is 9.59 Å². The van der Waals surface area contributed by atoms with Gasteiger partial charge < -0.3 is 10.2 Å². The number of nitrogens with one attached hydrogen (secondary N) is 1. The molecule has 0 aliphatic carbocycles. The predicted molar refractivity (Wildman–Crippen MR) is 146 cm³/mol. The number of nitrogens with zero attached hydrogens (tertiary/aromatic N) is 1. The van der Waals surface area contributed by atoms with Crippen LogP contribution in [0.4, 0.5) is 0 Å². The Morgan fingerprint density at radius 2 is 1.46 bits per heavy atom. The van der Waals surface area contributed by atoms with E-state index < -0.39 is 11.6 Å². The van der Waals surface area contributed by atoms with Crippen molar-refractivity contribution in [3.63, 3.8) is 0 Å². The summed E-state index contributed by atoms with van der Waals surface area (Å²) in [5, 5.41) is 3.98. The minimum Gasteiger partial charge on any atom is -0.350 e. The molecule has 0 radical (unpaired) electrons. The van der Waals surface area contributed by atoms with E-state index in [-0.39, 0.29) is 24.1 Å². The summed E-state index contributed by atoms with van der Waals surface area (Å²) >= 11 is 14.4. The van der Waals surface area contributed by atoms with Gasteiger partial charge in [0.2, 0.25) is 11.8 Å². The van der Waals surface area contributed by atoms with Crippen LogP contribution in [0.3, 0.4) is 0 Å². The normalized spacial score (nSPS) is 12.1. The largest absolute Gasteiger partial charge is 0.350 e. The van der Waals surface area contributed by atoms with Crippen molar-refractivity contribution < 1.29 is 9.59 Å². The lowest BCUT2D eigenvalue weighted by molar-refractivity contribution is -0.140. The van der Waals surface area contributed by atoms with Crippen LogP contribution in [-0.2, 0) is 22.6 Å². The molecule has 0 aliphatic heterocycles. The molecule has 4 nitrogen and oxygen atoms in total. The molecule has 0 spiro atoms. The Bertz CT molecular complexity index is 1110. The van der Waals surface area contributed by atoms with E-state index in [1.165, 1.54) is 11.8 Å². The van der Waals surface area contributed by atoms with Gasteiger partial charge in [-0.05, 0) is 50.6 Å². The number of benzene rings is 3. The van der Waals surface area contributed by atoms with Crippen molar-refractivity contribution >= 4 is 46.8 Å². The Morgan fingerprint density at radius 3 is 2.03 bits per heavy atom. The van der Waals surface area contributed by atoms with Gasteiger partial charge in [0.1, 0.15) is 6.04 Å². The van der Waals surface area contributed by atoms with Crippen LogP contribution >= 0.6 is 35.0 Å². The summed E-state index contributed by atoms with van der Waals surface area (Å²) in [6.45, 7) is 5.90. The van der Waals surface area contributed by atoms with Gasteiger partial charge in [0.25, 0.3) is 0 Å². The van der Waals surface area contributed by atoms with Crippen molar-refractivity contribution in [2.24, 2.45) is 0 Å². The molecule has 1 N–H and O–H groups in total. The molecule has 0 saturated carbocycles. The number of carbonyl (C=O) groups excluding carboxylic acids is 2. The van der Waals surface area contributed by atoms with Crippen LogP contribution in [0.25, 0.3) is 0 Å². The van der Waals surface area contributed by atoms with Crippen LogP contribution in [0.15, 0.2) is 83.8 Å². The molecule has 0 aromatic heterocycles. The zero-order valence-electron chi connectivity index (χ0n) is 20.1. The zero-order chi connectivity index (χ0) is 25.4. The number of carbonyl (C=O) groups is 2. The molecule has 3 aromatic carbocycles. The average molecular weight is 530 g/mol. The first kappa shape index (κ1) is 27.1. The van der Waals surface area contributed by atoms with Crippen molar-refractivity contribution in [2.75, 3.05) is 5.75 Å². The Kier molecular flexibility index (Phi) is 9.67. The fraction of sp³-hybridized carbons (Fsp3) is 0.286. The first-order chi connectivity index (χ1) is 16.6. The highest BCUT2D eigenvalue weighted by molar-refractivity contribution is 8.00. The van der Waals surface area contributed by atoms with Gasteiger partial charge in [-0.2, -0.15) is 0 Å². The van der Waals surface area contributed by atoms with E-state index in [0.717, 1.165) is 10.5 Å². The Hall–Kier alpha value is -2.47. The lowest BCUT2D eigenvalue weighted by Gasteiger charge is -2.34. The molecule has 35 heavy (non-hydrogen) atoms. The molecular weight excluding hydrogens is 499 g/mol. The van der Waals surface area contributed by atoms with E-state index in [9.17, 15) is 9.59 Å². The second-order valence-corrected chi connectivity index (χ2v) is 11.1. The third kappa shape index (κ3) is 8.31. The molecule has 184 valence electrons. The predicted octanol–water partition coefficient (Wildman–Crippen LogP) is 6.64. The van der Waals surface area contributed by atoms with E-state index in [4.69, 9.17) is 23.2 Å². The van der Waals surface area contributed by atoms with E-state index in [1.807, 2.05) is 81.4 Å². The average Bonchev–Trinajstić information content (AvgIpc) is 2.81. The number of hydrogen-bond acceptors (Lipinski definition) is 3. The molecule has 0 aliphatic rings. The fourth-order valence-electron chi connectivity index (χ4n) is 3.61. The monoisotopic (exact) mass is 528 g/mol. The highest BCUT2D eigenvalue weighted by atomic mass is 35.5. The molecule has 3 rings (SSSR count). The standard InChI is InChI=1S/C28H30Cl2N2O2S/c1-28(2,3)31-27(34)25(17-20-11-6-4-7-12-20)32(18-22-23(29)15-10-16-24(22)30)26(33)19-35-21-13-8-5-9-14-21/h4-16,25H,17-19H2,1-3H3,(H,31,34)/t25-/m0/s1. The zero-order valence-corrected chi connectivity index (χ0v) is 22.5. The lowest BCUT2D eigenvalue weighted by atomic mass is 10.0. The minimum absolute atomic E-state index is 0.127. The van der Waals surface area contributed by atoms with Crippen molar-refractivity contribution in [1.29, 1.82) is 0 Å². The minimum atomic E-state index is -0.743. The van der Waals surface area contributed by atoms with Crippen molar-refractivity contribution in [2.45, 2.75) is 50.2 Å². The van der Waals surface area contributed by atoms with Gasteiger partial charge in [-0.25, -0.2) is 0 Å². The van der Waals surface area contributed by atoms with Gasteiger partial charge in [-0.15, -0.1) is 11.8 Å². The molecule has 0 bridgehead atoms. The van der Waals surface area contributed by atoms with Crippen LogP contribution in [0, 0.1) is 0 Å². The van der Waals surface area contributed by atoms with Gasteiger partial charge in [0, 0.05) is 39.0 Å². The van der Waals surface area contributed by atoms with Crippen LogP contribution < -0.4 is 5.32 Å². The quantitative estimate of drug-likeness (QED) is 0.316. The van der Waals surface area contributed by atoms with Gasteiger partial charge in [0.05, 0.1) is 5.75 Å². The van der Waals surface area contributed by atoms with Crippen LogP contribution in [0.5, 0.6) is 0 Å². The smallest absolute Gasteiger partial charge is 0.243 e. The molecule has 2 amide bonds. The fourth-order valence-corrected chi connectivity index (χ4v) is 4.93. The van der Waals surface area contributed by atoms with Crippen LogP contribution in [0.2, 0.25) is 10.0 Å². The molecule has 0 heterocycles. The van der Waals surface area contributed by atoms with Gasteiger partial charge in [0.15, 0.2) is 0 Å². The number of rotatable bonds is 9. The second-order valence-electron chi connectivity index (χ2n) is 9.27. The van der Waals surface area contributed by atoms with Crippen molar-refractivity contribution in [1.82, 2.24) is 10.2 Å². The molecular formula is C28H30Cl2N2O2S. The van der Waals surface area contributed by atoms with E-state index >= 15 is 0 Å². The lowest BCUT2D eigenvalue weighted by Crippen LogP contribution is -2.54. The summed E-state index contributed by atoms with van der Waals surface area (Å²) in [7, 11) is 0. The first-order valence-corrected chi connectivity index (χ1v) is 13.1. The molecule has 7 heteroatoms. The Morgan fingerprint density at radius 1 is 0.886 bits per heavy atom. The highest BCUT2D eigenvalue weighted by Gasteiger charge is 2.33. The summed E-state index contributed by atoms with van der Waals surface area (Å²) in [4.78, 5) is 29.8. The molecule has 3 aromatic rings. The first-order valence-electron chi connectivity index (χ1n) is 11.4. The van der Waals surface area contributed by atoms with Crippen molar-refractivity contribution in [3.8, 4) is 0 Å². The summed E-state index contributed by atoms with van der Waals surface area (Å²) in [5.74, 6) is -0.206. The maximum absolute atomic E-state index is 13.7. The highest BCUT2D eigenvalue weighted by Crippen LogP contribution is 2.28. The van der Waals surface area contributed by atoms with Crippen molar-refractivity contribution in [3.05, 3.63) is 100 Å². The topological polar surface area (TPSA) is 49.4 Å². The van der Waals surface area contributed by atoms with Gasteiger partial charge >= 0.3 is 0 Å². The van der Waals surface area contributed by atoms with Crippen LogP contribution in [-0.4, -0.2) is 34.0 Å². The summed E-state index contributed by atoms with van der Waals surface area (Å²) < 4.78 is 0. The number of amides is 2. The molecule has 0 unspecified atom stereocenters. The van der Waals surface area contributed by atoms with E-state index in [0.29, 0.717) is 22.0 Å². The maximum atomic E-state index is 13.7. The van der Waals surface area contributed by atoms with Crippen LogP contribution in [0.1, 0.15) is 31.9 Å². The Balaban J connectivity index is 1.97. The van der Waals surface area contributed by atoms with E-state index in [2.05, 4.69) is 5.32 Å². The molecule has 1 atom stereocenters. The second kappa shape index (κ2) is 12.5. The number of halogens is 2. The van der Waals surface area contributed by atoms with E-state index in [1.54, 1.807) is 23.1 Å². The number of thioether (sulfide) groups is 1. The summed E-state index contributed by atoms with van der Waals surface area (Å²) in [6, 6.07) is 23.9. The maximum Gasteiger partial charge on any atom is 0.243 e. The summed E-state index contributed by atoms with van der Waals surface area (Å²) in [5.41, 5.74) is 1.12. The summed E-state index contributed by atoms with van der Waals surface area (Å²) in [6.07, 6.45) is 0.368. The SMILES string of the molecule is CC(C)(C)NC(=O)[C@H](Cc1ccccc1)N(Cc1c(Cl)cccc1Cl)C(=O)CSc1ccccc1. The molecule has 0 saturated heterocycles. The molecule has 0 fully saturated rings. The third-order valence-electron chi connectivity index (χ3n) is 5.26. The number of hydrogen-bond donors (Lipinski definition) is 1. The third-order valence-corrected chi connectivity index (χ3v) is 6.97. The van der Waals surface area contributed by atoms with Gasteiger partial charge in [-0.1, -0.05) is 77.8 Å². The Labute approximate surface area is 222 Å².